The standard InChI is InChI=1S/C23H26N6O3S2/c1-2-3-8-18(25-20-16-7-4-5-10-19(16)34(31,32)27-20)22(30)28-12-14-29(15-13-28)23-26-17-9-6-11-24-21(17)33-23/h4-7,9-11,18H,2-3,8,12-15H2,1H3,(H,25,27). The summed E-state index contributed by atoms with van der Waals surface area (Å²) in [6, 6.07) is 9.94. The van der Waals surface area contributed by atoms with Crippen LogP contribution < -0.4 is 9.62 Å². The molecule has 0 aliphatic carbocycles. The van der Waals surface area contributed by atoms with Crippen LogP contribution >= 0.6 is 11.3 Å². The lowest BCUT2D eigenvalue weighted by Crippen LogP contribution is -2.51. The van der Waals surface area contributed by atoms with Gasteiger partial charge in [-0.05, 0) is 30.7 Å². The van der Waals surface area contributed by atoms with Gasteiger partial charge in [0.1, 0.15) is 22.2 Å². The van der Waals surface area contributed by atoms with E-state index in [4.69, 9.17) is 0 Å². The number of nitrogens with one attached hydrogen (secondary N) is 1. The molecule has 3 aromatic rings. The summed E-state index contributed by atoms with van der Waals surface area (Å²) >= 11 is 1.56. The number of amides is 1. The molecular formula is C23H26N6O3S2. The van der Waals surface area contributed by atoms with Crippen molar-refractivity contribution in [3.05, 3.63) is 48.2 Å². The van der Waals surface area contributed by atoms with E-state index in [9.17, 15) is 13.2 Å². The Morgan fingerprint density at radius 1 is 1.18 bits per heavy atom. The van der Waals surface area contributed by atoms with Crippen LogP contribution in [0.4, 0.5) is 5.13 Å². The Hall–Kier alpha value is -3.05. The smallest absolute Gasteiger partial charge is 0.263 e. The number of aliphatic imine (C=N–C) groups is 1. The van der Waals surface area contributed by atoms with Crippen LogP contribution in [-0.4, -0.2) is 67.2 Å². The maximum Gasteiger partial charge on any atom is 0.263 e. The highest BCUT2D eigenvalue weighted by Gasteiger charge is 2.33. The van der Waals surface area contributed by atoms with E-state index in [0.29, 0.717) is 38.2 Å². The van der Waals surface area contributed by atoms with Gasteiger partial charge in [0.2, 0.25) is 5.91 Å². The molecule has 1 saturated heterocycles. The molecule has 2 aromatic heterocycles. The quantitative estimate of drug-likeness (QED) is 0.560. The number of unbranched alkanes of at least 4 members (excludes halogenated alkanes) is 1. The molecule has 0 spiro atoms. The van der Waals surface area contributed by atoms with E-state index in [1.54, 1.807) is 41.8 Å². The minimum Gasteiger partial charge on any atom is -0.344 e. The SMILES string of the molecule is CCCCC(N=C1NS(=O)(=O)c2ccccc21)C(=O)N1CCN(c2nc3cccnc3s2)CC1. The molecule has 5 rings (SSSR count). The maximum absolute atomic E-state index is 13.4. The highest BCUT2D eigenvalue weighted by molar-refractivity contribution is 7.90. The predicted molar refractivity (Wildman–Crippen MR) is 133 cm³/mol. The lowest BCUT2D eigenvalue weighted by atomic mass is 10.1. The van der Waals surface area contributed by atoms with Crippen molar-refractivity contribution in [3.8, 4) is 0 Å². The first-order chi connectivity index (χ1) is 16.5. The molecule has 11 heteroatoms. The Morgan fingerprint density at radius 3 is 2.74 bits per heavy atom. The number of aromatic nitrogens is 2. The topological polar surface area (TPSA) is 108 Å². The Labute approximate surface area is 202 Å². The van der Waals surface area contributed by atoms with Gasteiger partial charge in [-0.2, -0.15) is 0 Å². The first kappa shape index (κ1) is 22.7. The molecule has 34 heavy (non-hydrogen) atoms. The predicted octanol–water partition coefficient (Wildman–Crippen LogP) is 2.64. The number of carbonyl (C=O) groups excluding carboxylic acids is 1. The monoisotopic (exact) mass is 498 g/mol. The van der Waals surface area contributed by atoms with Crippen molar-refractivity contribution in [2.75, 3.05) is 31.1 Å². The van der Waals surface area contributed by atoms with Gasteiger partial charge in [-0.1, -0.05) is 43.2 Å². The van der Waals surface area contributed by atoms with Crippen LogP contribution in [-0.2, 0) is 14.8 Å². The zero-order valence-corrected chi connectivity index (χ0v) is 20.5. The Balaban J connectivity index is 1.32. The molecule has 1 atom stereocenters. The number of amidine groups is 1. The highest BCUT2D eigenvalue weighted by atomic mass is 32.2. The van der Waals surface area contributed by atoms with Gasteiger partial charge in [-0.25, -0.2) is 18.4 Å². The van der Waals surface area contributed by atoms with Crippen LogP contribution in [0.2, 0.25) is 0 Å². The van der Waals surface area contributed by atoms with Crippen molar-refractivity contribution < 1.29 is 13.2 Å². The van der Waals surface area contributed by atoms with Gasteiger partial charge in [0, 0.05) is 37.9 Å². The van der Waals surface area contributed by atoms with Gasteiger partial charge < -0.3 is 9.80 Å². The number of anilines is 1. The molecule has 9 nitrogen and oxygen atoms in total. The summed E-state index contributed by atoms with van der Waals surface area (Å²) in [6.45, 7) is 4.56. The summed E-state index contributed by atoms with van der Waals surface area (Å²) in [5, 5.41) is 0.917. The highest BCUT2D eigenvalue weighted by Crippen LogP contribution is 2.28. The Bertz CT molecular complexity index is 1310. The van der Waals surface area contributed by atoms with Gasteiger partial charge >= 0.3 is 0 Å². The molecule has 1 amide bonds. The van der Waals surface area contributed by atoms with Crippen LogP contribution in [0.5, 0.6) is 0 Å². The number of thiazole rings is 1. The van der Waals surface area contributed by atoms with Crippen molar-refractivity contribution in [1.82, 2.24) is 19.6 Å². The van der Waals surface area contributed by atoms with Crippen LogP contribution in [0.3, 0.4) is 0 Å². The van der Waals surface area contributed by atoms with E-state index in [2.05, 4.69) is 31.5 Å². The van der Waals surface area contributed by atoms with Crippen LogP contribution in [0.1, 0.15) is 31.7 Å². The second kappa shape index (κ2) is 9.30. The molecule has 1 unspecified atom stereocenters. The Morgan fingerprint density at radius 2 is 1.97 bits per heavy atom. The number of hydrogen-bond acceptors (Lipinski definition) is 8. The third kappa shape index (κ3) is 4.37. The first-order valence-electron chi connectivity index (χ1n) is 11.4. The molecule has 0 saturated carbocycles. The first-order valence-corrected chi connectivity index (χ1v) is 13.7. The molecule has 2 aliphatic heterocycles. The van der Waals surface area contributed by atoms with Gasteiger partial charge in [0.15, 0.2) is 5.13 Å². The molecule has 2 aliphatic rings. The molecule has 1 aromatic carbocycles. The number of rotatable bonds is 6. The van der Waals surface area contributed by atoms with Crippen LogP contribution in [0.25, 0.3) is 10.3 Å². The van der Waals surface area contributed by atoms with Crippen molar-refractivity contribution in [3.63, 3.8) is 0 Å². The zero-order chi connectivity index (χ0) is 23.7. The van der Waals surface area contributed by atoms with Gasteiger partial charge in [-0.3, -0.25) is 14.5 Å². The van der Waals surface area contributed by atoms with E-state index in [-0.39, 0.29) is 16.6 Å². The number of nitrogens with zero attached hydrogens (tertiary/aromatic N) is 5. The van der Waals surface area contributed by atoms with Crippen molar-refractivity contribution in [2.45, 2.75) is 37.1 Å². The number of carbonyl (C=O) groups is 1. The summed E-state index contributed by atoms with van der Waals surface area (Å²) in [6.07, 6.45) is 4.10. The number of pyridine rings is 1. The average Bonchev–Trinajstić information content (AvgIpc) is 3.40. The maximum atomic E-state index is 13.4. The lowest BCUT2D eigenvalue weighted by Gasteiger charge is -2.35. The summed E-state index contributed by atoms with van der Waals surface area (Å²) in [5.74, 6) is 0.195. The summed E-state index contributed by atoms with van der Waals surface area (Å²) < 4.78 is 27.5. The average molecular weight is 499 g/mol. The minimum atomic E-state index is -3.64. The van der Waals surface area contributed by atoms with Crippen LogP contribution in [0.15, 0.2) is 52.5 Å². The fourth-order valence-electron chi connectivity index (χ4n) is 4.25. The zero-order valence-electron chi connectivity index (χ0n) is 18.8. The van der Waals surface area contributed by atoms with E-state index in [0.717, 1.165) is 28.3 Å². The summed E-state index contributed by atoms with van der Waals surface area (Å²) in [7, 11) is -3.64. The van der Waals surface area contributed by atoms with Gasteiger partial charge in [0.25, 0.3) is 10.0 Å². The summed E-state index contributed by atoms with van der Waals surface area (Å²) in [4.78, 5) is 32.3. The fourth-order valence-corrected chi connectivity index (χ4v) is 6.45. The lowest BCUT2D eigenvalue weighted by molar-refractivity contribution is -0.133. The number of piperazine rings is 1. The van der Waals surface area contributed by atoms with Gasteiger partial charge in [0.05, 0.1) is 4.90 Å². The number of hydrogen-bond donors (Lipinski definition) is 1. The van der Waals surface area contributed by atoms with Crippen LogP contribution in [0, 0.1) is 0 Å². The second-order valence-electron chi connectivity index (χ2n) is 8.37. The van der Waals surface area contributed by atoms with E-state index >= 15 is 0 Å². The van der Waals surface area contributed by atoms with E-state index in [1.807, 2.05) is 17.0 Å². The molecule has 4 heterocycles. The summed E-state index contributed by atoms with van der Waals surface area (Å²) in [5.41, 5.74) is 1.40. The molecular weight excluding hydrogens is 472 g/mol. The van der Waals surface area contributed by atoms with Gasteiger partial charge in [-0.15, -0.1) is 0 Å². The molecule has 1 fully saturated rings. The Kier molecular flexibility index (Phi) is 6.22. The molecule has 0 bridgehead atoms. The van der Waals surface area contributed by atoms with Crippen molar-refractivity contribution in [2.24, 2.45) is 4.99 Å². The third-order valence-corrected chi connectivity index (χ3v) is 8.52. The molecule has 178 valence electrons. The normalized spacial score (nSPS) is 19.3. The fraction of sp³-hybridized carbons (Fsp3) is 0.391. The van der Waals surface area contributed by atoms with E-state index < -0.39 is 16.1 Å². The largest absolute Gasteiger partial charge is 0.344 e. The van der Waals surface area contributed by atoms with Crippen molar-refractivity contribution in [1.29, 1.82) is 0 Å². The number of sulfonamides is 1. The third-order valence-electron chi connectivity index (χ3n) is 6.08. The van der Waals surface area contributed by atoms with E-state index in [1.165, 1.54) is 0 Å². The molecule has 1 N–H and O–H groups in total. The number of benzene rings is 1. The number of fused-ring (bicyclic) bond motifs is 2. The van der Waals surface area contributed by atoms with Crippen molar-refractivity contribution >= 4 is 48.6 Å². The second-order valence-corrected chi connectivity index (χ2v) is 11.0. The molecule has 0 radical (unpaired) electrons. The minimum absolute atomic E-state index is 0.0601.